The second-order valence-electron chi connectivity index (χ2n) is 4.46. The topological polar surface area (TPSA) is 104 Å². The molecule has 1 heterocycles. The molecule has 0 radical (unpaired) electrons. The number of aromatic amines is 2. The van der Waals surface area contributed by atoms with Crippen LogP contribution in [0.1, 0.15) is 12.6 Å². The highest BCUT2D eigenvalue weighted by molar-refractivity contribution is 5.90. The number of methoxy groups -OCH3 is 1. The van der Waals surface area contributed by atoms with Gasteiger partial charge in [-0.1, -0.05) is 0 Å². The number of nitrogens with zero attached hydrogens (tertiary/aromatic N) is 1. The molecule has 2 aromatic rings. The van der Waals surface area contributed by atoms with Gasteiger partial charge in [0, 0.05) is 12.6 Å². The van der Waals surface area contributed by atoms with E-state index in [9.17, 15) is 14.4 Å². The maximum absolute atomic E-state index is 11.9. The standard InChI is InChI=1S/C14H15N3O5/c1-8-12(13(19)16-14(20)15-8)17(9(2)18)22-11-6-4-10(21-3)5-7-11/h4-7H,1-3H3,(H2,15,16,19,20). The van der Waals surface area contributed by atoms with E-state index in [-0.39, 0.29) is 11.4 Å². The lowest BCUT2D eigenvalue weighted by atomic mass is 10.3. The number of H-pyrrole nitrogens is 2. The van der Waals surface area contributed by atoms with Crippen molar-refractivity contribution in [3.63, 3.8) is 0 Å². The molecule has 8 heteroatoms. The third-order valence-electron chi connectivity index (χ3n) is 2.84. The third kappa shape index (κ3) is 3.17. The number of nitrogens with one attached hydrogen (secondary N) is 2. The monoisotopic (exact) mass is 305 g/mol. The van der Waals surface area contributed by atoms with Crippen LogP contribution in [0.5, 0.6) is 11.5 Å². The number of amides is 1. The minimum absolute atomic E-state index is 0.0806. The number of rotatable bonds is 4. The molecular formula is C14H15N3O5. The van der Waals surface area contributed by atoms with Crippen molar-refractivity contribution < 1.29 is 14.4 Å². The van der Waals surface area contributed by atoms with Crippen molar-refractivity contribution >= 4 is 11.6 Å². The Morgan fingerprint density at radius 2 is 1.68 bits per heavy atom. The molecule has 1 aromatic heterocycles. The lowest BCUT2D eigenvalue weighted by molar-refractivity contribution is -0.120. The zero-order valence-corrected chi connectivity index (χ0v) is 12.3. The molecule has 0 spiro atoms. The quantitative estimate of drug-likeness (QED) is 0.810. The Morgan fingerprint density at radius 3 is 2.18 bits per heavy atom. The first-order chi connectivity index (χ1) is 10.4. The Labute approximate surface area is 125 Å². The van der Waals surface area contributed by atoms with E-state index in [0.29, 0.717) is 11.5 Å². The molecule has 0 aliphatic carbocycles. The largest absolute Gasteiger partial charge is 0.497 e. The maximum atomic E-state index is 11.9. The van der Waals surface area contributed by atoms with Gasteiger partial charge in [-0.05, 0) is 31.2 Å². The molecule has 0 bridgehead atoms. The van der Waals surface area contributed by atoms with Crippen LogP contribution in [0.3, 0.4) is 0 Å². The van der Waals surface area contributed by atoms with E-state index in [4.69, 9.17) is 9.57 Å². The van der Waals surface area contributed by atoms with Crippen molar-refractivity contribution in [3.8, 4) is 11.5 Å². The van der Waals surface area contributed by atoms with Crippen LogP contribution in [0.4, 0.5) is 5.69 Å². The second kappa shape index (κ2) is 6.17. The maximum Gasteiger partial charge on any atom is 0.326 e. The third-order valence-corrected chi connectivity index (χ3v) is 2.84. The van der Waals surface area contributed by atoms with Crippen LogP contribution >= 0.6 is 0 Å². The van der Waals surface area contributed by atoms with Gasteiger partial charge in [0.25, 0.3) is 11.5 Å². The Hall–Kier alpha value is -3.03. The van der Waals surface area contributed by atoms with Crippen molar-refractivity contribution in [3.05, 3.63) is 50.8 Å². The van der Waals surface area contributed by atoms with Gasteiger partial charge in [-0.15, -0.1) is 5.06 Å². The first kappa shape index (κ1) is 15.4. The molecule has 0 fully saturated rings. The average molecular weight is 305 g/mol. The molecule has 1 aromatic carbocycles. The van der Waals surface area contributed by atoms with Crippen molar-refractivity contribution in [1.82, 2.24) is 9.97 Å². The van der Waals surface area contributed by atoms with E-state index in [1.54, 1.807) is 24.3 Å². The number of carbonyl (C=O) groups excluding carboxylic acids is 1. The molecule has 2 N–H and O–H groups in total. The highest BCUT2D eigenvalue weighted by Gasteiger charge is 2.21. The molecule has 0 saturated heterocycles. The van der Waals surface area contributed by atoms with E-state index in [1.807, 2.05) is 0 Å². The van der Waals surface area contributed by atoms with Crippen LogP contribution in [0.25, 0.3) is 0 Å². The summed E-state index contributed by atoms with van der Waals surface area (Å²) in [6.45, 7) is 2.74. The van der Waals surface area contributed by atoms with Crippen molar-refractivity contribution in [2.24, 2.45) is 0 Å². The number of aromatic nitrogens is 2. The van der Waals surface area contributed by atoms with E-state index in [2.05, 4.69) is 9.97 Å². The fourth-order valence-corrected chi connectivity index (χ4v) is 1.85. The Morgan fingerprint density at radius 1 is 1.09 bits per heavy atom. The summed E-state index contributed by atoms with van der Waals surface area (Å²) < 4.78 is 5.03. The molecule has 1 amide bonds. The van der Waals surface area contributed by atoms with Gasteiger partial charge in [-0.25, -0.2) is 4.79 Å². The summed E-state index contributed by atoms with van der Waals surface area (Å²) in [7, 11) is 1.53. The van der Waals surface area contributed by atoms with E-state index in [1.165, 1.54) is 21.0 Å². The summed E-state index contributed by atoms with van der Waals surface area (Å²) in [4.78, 5) is 44.9. The second-order valence-corrected chi connectivity index (χ2v) is 4.46. The van der Waals surface area contributed by atoms with Gasteiger partial charge in [0.05, 0.1) is 7.11 Å². The molecule has 0 saturated carbocycles. The molecular weight excluding hydrogens is 290 g/mol. The van der Waals surface area contributed by atoms with Crippen LogP contribution in [0.15, 0.2) is 33.9 Å². The van der Waals surface area contributed by atoms with Crippen molar-refractivity contribution in [2.75, 3.05) is 12.2 Å². The van der Waals surface area contributed by atoms with Crippen LogP contribution in [0.2, 0.25) is 0 Å². The molecule has 8 nitrogen and oxygen atoms in total. The Balaban J connectivity index is 2.41. The SMILES string of the molecule is COc1ccc(ON(C(C)=O)c2c(C)[nH]c(=O)[nH]c2=O)cc1. The van der Waals surface area contributed by atoms with Gasteiger partial charge in [-0.3, -0.25) is 14.6 Å². The summed E-state index contributed by atoms with van der Waals surface area (Å²) in [5, 5.41) is 0.825. The fourth-order valence-electron chi connectivity index (χ4n) is 1.85. The Bertz CT molecular complexity index is 791. The van der Waals surface area contributed by atoms with Gasteiger partial charge in [-0.2, -0.15) is 0 Å². The first-order valence-electron chi connectivity index (χ1n) is 6.38. The molecule has 2 rings (SSSR count). The van der Waals surface area contributed by atoms with E-state index < -0.39 is 17.2 Å². The van der Waals surface area contributed by atoms with E-state index in [0.717, 1.165) is 5.06 Å². The summed E-state index contributed by atoms with van der Waals surface area (Å²) >= 11 is 0. The van der Waals surface area contributed by atoms with Crippen molar-refractivity contribution in [1.29, 1.82) is 0 Å². The number of anilines is 1. The molecule has 22 heavy (non-hydrogen) atoms. The van der Waals surface area contributed by atoms with Gasteiger partial charge in [0.1, 0.15) is 5.75 Å². The minimum atomic E-state index is -0.718. The number of hydrogen-bond acceptors (Lipinski definition) is 5. The normalized spacial score (nSPS) is 10.1. The minimum Gasteiger partial charge on any atom is -0.497 e. The summed E-state index contributed by atoms with van der Waals surface area (Å²) in [5.41, 5.74) is -1.23. The van der Waals surface area contributed by atoms with Crippen molar-refractivity contribution in [2.45, 2.75) is 13.8 Å². The van der Waals surface area contributed by atoms with E-state index >= 15 is 0 Å². The first-order valence-corrected chi connectivity index (χ1v) is 6.38. The predicted octanol–water partition coefficient (Wildman–Crippen LogP) is 0.727. The molecule has 0 aliphatic heterocycles. The fraction of sp³-hybridized carbons (Fsp3) is 0.214. The highest BCUT2D eigenvalue weighted by Crippen LogP contribution is 2.20. The zero-order valence-electron chi connectivity index (χ0n) is 12.3. The molecule has 0 unspecified atom stereocenters. The van der Waals surface area contributed by atoms with Crippen LogP contribution < -0.4 is 25.9 Å². The highest BCUT2D eigenvalue weighted by atomic mass is 16.7. The van der Waals surface area contributed by atoms with Crippen LogP contribution in [0, 0.1) is 6.92 Å². The lowest BCUT2D eigenvalue weighted by Crippen LogP contribution is -2.39. The zero-order chi connectivity index (χ0) is 16.3. The van der Waals surface area contributed by atoms with Crippen LogP contribution in [-0.4, -0.2) is 23.0 Å². The van der Waals surface area contributed by atoms with Crippen LogP contribution in [-0.2, 0) is 4.79 Å². The number of hydrogen-bond donors (Lipinski definition) is 2. The average Bonchev–Trinajstić information content (AvgIpc) is 2.45. The Kier molecular flexibility index (Phi) is 4.31. The summed E-state index contributed by atoms with van der Waals surface area (Å²) in [5.74, 6) is 0.442. The van der Waals surface area contributed by atoms with Gasteiger partial charge >= 0.3 is 5.69 Å². The summed E-state index contributed by atoms with van der Waals surface area (Å²) in [6, 6.07) is 6.48. The summed E-state index contributed by atoms with van der Waals surface area (Å²) in [6.07, 6.45) is 0. The number of benzene rings is 1. The number of hydroxylamine groups is 1. The smallest absolute Gasteiger partial charge is 0.326 e. The van der Waals surface area contributed by atoms with Gasteiger partial charge < -0.3 is 14.6 Å². The number of aryl methyl sites for hydroxylation is 1. The lowest BCUT2D eigenvalue weighted by Gasteiger charge is -2.21. The number of ether oxygens (including phenoxy) is 1. The molecule has 0 aliphatic rings. The molecule has 0 atom stereocenters. The van der Waals surface area contributed by atoms with Gasteiger partial charge in [0.15, 0.2) is 11.4 Å². The van der Waals surface area contributed by atoms with Gasteiger partial charge in [0.2, 0.25) is 0 Å². The molecule has 116 valence electrons. The number of carbonyl (C=O) groups is 1. The predicted molar refractivity (Wildman–Crippen MR) is 79.2 cm³/mol.